The van der Waals surface area contributed by atoms with Gasteiger partial charge in [0.1, 0.15) is 0 Å². The van der Waals surface area contributed by atoms with Gasteiger partial charge in [-0.25, -0.2) is 8.78 Å². The molecule has 1 aliphatic carbocycles. The summed E-state index contributed by atoms with van der Waals surface area (Å²) in [6.07, 6.45) is 1.44. The lowest BCUT2D eigenvalue weighted by Crippen LogP contribution is -2.38. The molecule has 2 fully saturated rings. The topological polar surface area (TPSA) is 41.1 Å². The Labute approximate surface area is 100 Å². The van der Waals surface area contributed by atoms with Crippen LogP contribution in [0.25, 0.3) is 0 Å². The van der Waals surface area contributed by atoms with Gasteiger partial charge >= 0.3 is 0 Å². The highest BCUT2D eigenvalue weighted by atomic mass is 19.3. The van der Waals surface area contributed by atoms with Crippen LogP contribution in [0.5, 0.6) is 0 Å². The van der Waals surface area contributed by atoms with Crippen molar-refractivity contribution >= 4 is 5.91 Å². The molecule has 1 amide bonds. The molecule has 1 saturated heterocycles. The van der Waals surface area contributed by atoms with E-state index in [2.05, 4.69) is 10.6 Å². The van der Waals surface area contributed by atoms with E-state index in [1.807, 2.05) is 0 Å². The molecule has 1 aliphatic heterocycles. The first-order valence-corrected chi connectivity index (χ1v) is 6.43. The Morgan fingerprint density at radius 3 is 2.59 bits per heavy atom. The third-order valence-corrected chi connectivity index (χ3v) is 3.82. The van der Waals surface area contributed by atoms with Crippen molar-refractivity contribution in [2.75, 3.05) is 19.6 Å². The number of rotatable bonds is 3. The minimum absolute atomic E-state index is 0.0348. The Morgan fingerprint density at radius 1 is 1.29 bits per heavy atom. The van der Waals surface area contributed by atoms with Crippen LogP contribution in [-0.4, -0.2) is 31.5 Å². The minimum atomic E-state index is -2.55. The number of carbonyl (C=O) groups is 1. The Hall–Kier alpha value is -0.710. The van der Waals surface area contributed by atoms with Crippen molar-refractivity contribution in [1.29, 1.82) is 0 Å². The van der Waals surface area contributed by atoms with E-state index >= 15 is 0 Å². The summed E-state index contributed by atoms with van der Waals surface area (Å²) in [4.78, 5) is 11.8. The molecule has 2 aliphatic rings. The fourth-order valence-electron chi connectivity index (χ4n) is 2.58. The van der Waals surface area contributed by atoms with Crippen LogP contribution in [0, 0.1) is 11.8 Å². The van der Waals surface area contributed by atoms with Gasteiger partial charge in [-0.3, -0.25) is 4.79 Å². The van der Waals surface area contributed by atoms with E-state index in [9.17, 15) is 13.6 Å². The third-order valence-electron chi connectivity index (χ3n) is 3.82. The predicted molar refractivity (Wildman–Crippen MR) is 60.9 cm³/mol. The summed E-state index contributed by atoms with van der Waals surface area (Å²) in [6.45, 7) is 2.64. The van der Waals surface area contributed by atoms with Gasteiger partial charge in [0.15, 0.2) is 0 Å². The first kappa shape index (κ1) is 12.7. The Kier molecular flexibility index (Phi) is 3.97. The van der Waals surface area contributed by atoms with E-state index in [1.54, 1.807) is 0 Å². The second-order valence-corrected chi connectivity index (χ2v) is 5.23. The molecule has 0 bridgehead atoms. The standard InChI is InChI=1S/C12H20F2N2O/c13-12(14)4-1-10(2-5-12)11(17)16-8-9-3-6-15-7-9/h9-10,15H,1-8H2,(H,16,17). The van der Waals surface area contributed by atoms with Gasteiger partial charge in [-0.1, -0.05) is 0 Å². The highest BCUT2D eigenvalue weighted by molar-refractivity contribution is 5.78. The van der Waals surface area contributed by atoms with Crippen LogP contribution in [0.2, 0.25) is 0 Å². The van der Waals surface area contributed by atoms with Crippen LogP contribution in [-0.2, 0) is 4.79 Å². The van der Waals surface area contributed by atoms with Crippen molar-refractivity contribution in [3.05, 3.63) is 0 Å². The molecule has 0 spiro atoms. The molecular formula is C12H20F2N2O. The average Bonchev–Trinajstić information content (AvgIpc) is 2.78. The third kappa shape index (κ3) is 3.63. The molecule has 0 aromatic carbocycles. The van der Waals surface area contributed by atoms with E-state index < -0.39 is 5.92 Å². The first-order valence-electron chi connectivity index (χ1n) is 6.43. The molecule has 1 heterocycles. The summed E-state index contributed by atoms with van der Waals surface area (Å²) in [5, 5.41) is 6.13. The lowest BCUT2D eigenvalue weighted by Gasteiger charge is -2.27. The van der Waals surface area contributed by atoms with Gasteiger partial charge in [-0.15, -0.1) is 0 Å². The van der Waals surface area contributed by atoms with E-state index in [1.165, 1.54) is 0 Å². The molecule has 0 aromatic heterocycles. The SMILES string of the molecule is O=C(NCC1CCNC1)C1CCC(F)(F)CC1. The maximum Gasteiger partial charge on any atom is 0.248 e. The van der Waals surface area contributed by atoms with Gasteiger partial charge in [0.25, 0.3) is 0 Å². The Balaban J connectivity index is 1.69. The summed E-state index contributed by atoms with van der Waals surface area (Å²) >= 11 is 0. The summed E-state index contributed by atoms with van der Waals surface area (Å²) in [5.41, 5.74) is 0. The second kappa shape index (κ2) is 5.29. The fourth-order valence-corrected chi connectivity index (χ4v) is 2.58. The van der Waals surface area contributed by atoms with Crippen molar-refractivity contribution < 1.29 is 13.6 Å². The number of hydrogen-bond donors (Lipinski definition) is 2. The van der Waals surface area contributed by atoms with Gasteiger partial charge in [0, 0.05) is 25.3 Å². The smallest absolute Gasteiger partial charge is 0.248 e. The molecule has 1 saturated carbocycles. The van der Waals surface area contributed by atoms with Crippen molar-refractivity contribution in [2.45, 2.75) is 38.0 Å². The molecule has 0 aromatic rings. The fraction of sp³-hybridized carbons (Fsp3) is 0.917. The van der Waals surface area contributed by atoms with Gasteiger partial charge in [0.2, 0.25) is 11.8 Å². The monoisotopic (exact) mass is 246 g/mol. The minimum Gasteiger partial charge on any atom is -0.356 e. The number of nitrogens with one attached hydrogen (secondary N) is 2. The van der Waals surface area contributed by atoms with Gasteiger partial charge in [-0.05, 0) is 38.3 Å². The van der Waals surface area contributed by atoms with E-state index in [-0.39, 0.29) is 24.7 Å². The summed E-state index contributed by atoms with van der Waals surface area (Å²) < 4.78 is 25.9. The normalized spacial score (nSPS) is 29.2. The molecule has 5 heteroatoms. The first-order chi connectivity index (χ1) is 8.07. The summed E-state index contributed by atoms with van der Waals surface area (Å²) in [7, 11) is 0. The molecule has 3 nitrogen and oxygen atoms in total. The number of carbonyl (C=O) groups excluding carboxylic acids is 1. The van der Waals surface area contributed by atoms with Crippen LogP contribution in [0.3, 0.4) is 0 Å². The number of alkyl halides is 2. The maximum atomic E-state index is 12.9. The Bertz CT molecular complexity index is 268. The van der Waals surface area contributed by atoms with Crippen molar-refractivity contribution in [2.24, 2.45) is 11.8 Å². The molecule has 2 N–H and O–H groups in total. The zero-order valence-corrected chi connectivity index (χ0v) is 9.98. The lowest BCUT2D eigenvalue weighted by molar-refractivity contribution is -0.129. The molecule has 0 radical (unpaired) electrons. The van der Waals surface area contributed by atoms with Gasteiger partial charge in [-0.2, -0.15) is 0 Å². The summed E-state index contributed by atoms with van der Waals surface area (Å²) in [6, 6.07) is 0. The quantitative estimate of drug-likeness (QED) is 0.793. The van der Waals surface area contributed by atoms with E-state index in [0.29, 0.717) is 25.3 Å². The number of hydrogen-bond acceptors (Lipinski definition) is 2. The lowest BCUT2D eigenvalue weighted by atomic mass is 9.86. The largest absolute Gasteiger partial charge is 0.356 e. The molecule has 1 unspecified atom stereocenters. The van der Waals surface area contributed by atoms with Crippen LogP contribution in [0.15, 0.2) is 0 Å². The Morgan fingerprint density at radius 2 is 2.00 bits per heavy atom. The summed E-state index contributed by atoms with van der Waals surface area (Å²) in [5.74, 6) is -2.29. The predicted octanol–water partition coefficient (Wildman–Crippen LogP) is 1.54. The van der Waals surface area contributed by atoms with Crippen LogP contribution in [0.4, 0.5) is 8.78 Å². The maximum absolute atomic E-state index is 12.9. The number of amides is 1. The highest BCUT2D eigenvalue weighted by Gasteiger charge is 2.37. The van der Waals surface area contributed by atoms with Crippen LogP contribution in [0.1, 0.15) is 32.1 Å². The molecular weight excluding hydrogens is 226 g/mol. The van der Waals surface area contributed by atoms with Crippen LogP contribution < -0.4 is 10.6 Å². The van der Waals surface area contributed by atoms with E-state index in [0.717, 1.165) is 19.5 Å². The molecule has 2 rings (SSSR count). The van der Waals surface area contributed by atoms with Gasteiger partial charge in [0.05, 0.1) is 0 Å². The zero-order chi connectivity index (χ0) is 12.3. The average molecular weight is 246 g/mol. The second-order valence-electron chi connectivity index (χ2n) is 5.23. The van der Waals surface area contributed by atoms with Crippen LogP contribution >= 0.6 is 0 Å². The van der Waals surface area contributed by atoms with Crippen molar-refractivity contribution in [3.63, 3.8) is 0 Å². The molecule has 98 valence electrons. The van der Waals surface area contributed by atoms with Crippen molar-refractivity contribution in [1.82, 2.24) is 10.6 Å². The molecule has 1 atom stereocenters. The number of halogens is 2. The highest BCUT2D eigenvalue weighted by Crippen LogP contribution is 2.36. The molecule has 17 heavy (non-hydrogen) atoms. The zero-order valence-electron chi connectivity index (χ0n) is 9.98. The van der Waals surface area contributed by atoms with Gasteiger partial charge < -0.3 is 10.6 Å². The van der Waals surface area contributed by atoms with Crippen molar-refractivity contribution in [3.8, 4) is 0 Å². The van der Waals surface area contributed by atoms with E-state index in [4.69, 9.17) is 0 Å².